The van der Waals surface area contributed by atoms with E-state index >= 15 is 0 Å². The van der Waals surface area contributed by atoms with Crippen molar-refractivity contribution in [3.63, 3.8) is 0 Å². The number of ether oxygens (including phenoxy) is 1. The third-order valence-electron chi connectivity index (χ3n) is 4.60. The number of rotatable bonds is 2. The molecule has 1 aromatic rings. The van der Waals surface area contributed by atoms with E-state index in [0.717, 1.165) is 0 Å². The van der Waals surface area contributed by atoms with E-state index < -0.39 is 60.6 Å². The highest BCUT2D eigenvalue weighted by Gasteiger charge is 2.53. The van der Waals surface area contributed by atoms with Crippen LogP contribution in [0.5, 0.6) is 0 Å². The minimum absolute atomic E-state index is 0.00103. The van der Waals surface area contributed by atoms with Gasteiger partial charge in [0.15, 0.2) is 0 Å². The molecule has 0 spiro atoms. The molecule has 2 atom stereocenters. The van der Waals surface area contributed by atoms with Crippen molar-refractivity contribution in [3.05, 3.63) is 35.4 Å². The summed E-state index contributed by atoms with van der Waals surface area (Å²) in [5.41, 5.74) is -1.01. The summed E-state index contributed by atoms with van der Waals surface area (Å²) in [5.74, 6) is -5.15. The van der Waals surface area contributed by atoms with Crippen molar-refractivity contribution in [1.82, 2.24) is 9.96 Å². The van der Waals surface area contributed by atoms with Crippen molar-refractivity contribution in [2.24, 2.45) is 5.92 Å². The minimum Gasteiger partial charge on any atom is -0.444 e. The highest BCUT2D eigenvalue weighted by Crippen LogP contribution is 2.38. The van der Waals surface area contributed by atoms with Crippen molar-refractivity contribution < 1.29 is 41.9 Å². The van der Waals surface area contributed by atoms with E-state index in [0.29, 0.717) is 4.90 Å². The molecule has 0 radical (unpaired) electrons. The lowest BCUT2D eigenvalue weighted by molar-refractivity contribution is -0.175. The fraction of sp³-hybridized carbons (Fsp3) is 0.474. The standard InChI is InChI=1S/C19H19F3N2O6/c1-18(2,3)29-17(28)23-9-10(19(20,21)22)8-13(23)16(27)30-24-14(25)11-6-4-5-7-12(11)15(24)26/h4-7,10,13H,8-9H2,1-3H3/t10-,13-/m0/s1. The van der Waals surface area contributed by atoms with Gasteiger partial charge in [-0.2, -0.15) is 13.2 Å². The van der Waals surface area contributed by atoms with Crippen LogP contribution in [0.1, 0.15) is 47.9 Å². The van der Waals surface area contributed by atoms with Crippen LogP contribution in [-0.4, -0.2) is 58.2 Å². The fourth-order valence-electron chi connectivity index (χ4n) is 3.22. The van der Waals surface area contributed by atoms with Crippen molar-refractivity contribution in [2.45, 2.75) is 45.0 Å². The van der Waals surface area contributed by atoms with Gasteiger partial charge >= 0.3 is 18.2 Å². The summed E-state index contributed by atoms with van der Waals surface area (Å²) in [6.45, 7) is 3.76. The molecule has 8 nitrogen and oxygen atoms in total. The maximum Gasteiger partial charge on any atom is 0.411 e. The van der Waals surface area contributed by atoms with Crippen LogP contribution in [0.15, 0.2) is 24.3 Å². The first-order valence-corrected chi connectivity index (χ1v) is 9.05. The van der Waals surface area contributed by atoms with Crippen molar-refractivity contribution in [3.8, 4) is 0 Å². The van der Waals surface area contributed by atoms with Crippen LogP contribution in [0.2, 0.25) is 0 Å². The van der Waals surface area contributed by atoms with Crippen molar-refractivity contribution in [1.29, 1.82) is 0 Å². The Morgan fingerprint density at radius 1 is 1.03 bits per heavy atom. The Morgan fingerprint density at radius 2 is 1.57 bits per heavy atom. The van der Waals surface area contributed by atoms with Crippen LogP contribution in [0.4, 0.5) is 18.0 Å². The van der Waals surface area contributed by atoms with Gasteiger partial charge in [0.1, 0.15) is 11.6 Å². The molecule has 3 rings (SSSR count). The van der Waals surface area contributed by atoms with Gasteiger partial charge in [-0.05, 0) is 39.3 Å². The molecule has 1 saturated heterocycles. The predicted molar refractivity (Wildman–Crippen MR) is 93.9 cm³/mol. The lowest BCUT2D eigenvalue weighted by Gasteiger charge is -2.28. The van der Waals surface area contributed by atoms with Crippen LogP contribution in [0.25, 0.3) is 0 Å². The molecule has 1 fully saturated rings. The number of likely N-dealkylation sites (tertiary alicyclic amines) is 1. The summed E-state index contributed by atoms with van der Waals surface area (Å²) in [4.78, 5) is 55.1. The summed E-state index contributed by atoms with van der Waals surface area (Å²) in [7, 11) is 0. The molecular weight excluding hydrogens is 409 g/mol. The third-order valence-corrected chi connectivity index (χ3v) is 4.60. The van der Waals surface area contributed by atoms with E-state index in [1.165, 1.54) is 45.0 Å². The second-order valence-electron chi connectivity index (χ2n) is 7.98. The molecule has 0 unspecified atom stereocenters. The number of carbonyl (C=O) groups is 4. The number of halogens is 3. The maximum atomic E-state index is 13.2. The molecule has 162 valence electrons. The number of hydroxylamine groups is 2. The highest BCUT2D eigenvalue weighted by atomic mass is 19.4. The molecule has 2 aliphatic rings. The topological polar surface area (TPSA) is 93.2 Å². The number of alkyl halides is 3. The van der Waals surface area contributed by atoms with E-state index in [2.05, 4.69) is 0 Å². The van der Waals surface area contributed by atoms with Gasteiger partial charge in [-0.3, -0.25) is 14.5 Å². The minimum atomic E-state index is -4.66. The molecule has 0 bridgehead atoms. The molecule has 2 aliphatic heterocycles. The largest absolute Gasteiger partial charge is 0.444 e. The molecule has 30 heavy (non-hydrogen) atoms. The number of imide groups is 1. The van der Waals surface area contributed by atoms with E-state index in [1.54, 1.807) is 0 Å². The van der Waals surface area contributed by atoms with Crippen LogP contribution < -0.4 is 0 Å². The van der Waals surface area contributed by atoms with E-state index in [4.69, 9.17) is 9.57 Å². The van der Waals surface area contributed by atoms with Gasteiger partial charge in [0.2, 0.25) is 0 Å². The summed E-state index contributed by atoms with van der Waals surface area (Å²) >= 11 is 0. The van der Waals surface area contributed by atoms with Gasteiger partial charge in [0.05, 0.1) is 17.0 Å². The summed E-state index contributed by atoms with van der Waals surface area (Å²) in [6.07, 6.45) is -6.56. The number of hydrogen-bond acceptors (Lipinski definition) is 6. The van der Waals surface area contributed by atoms with Gasteiger partial charge in [-0.15, -0.1) is 0 Å². The molecule has 3 amide bonds. The molecule has 11 heteroatoms. The van der Waals surface area contributed by atoms with Gasteiger partial charge in [-0.25, -0.2) is 9.59 Å². The number of hydrogen-bond donors (Lipinski definition) is 0. The van der Waals surface area contributed by atoms with Gasteiger partial charge in [0, 0.05) is 6.54 Å². The number of fused-ring (bicyclic) bond motifs is 1. The van der Waals surface area contributed by atoms with Gasteiger partial charge < -0.3 is 9.57 Å². The Hall–Kier alpha value is -3.11. The Labute approximate surface area is 169 Å². The molecule has 0 aromatic heterocycles. The van der Waals surface area contributed by atoms with Crippen molar-refractivity contribution >= 4 is 23.9 Å². The van der Waals surface area contributed by atoms with Crippen LogP contribution >= 0.6 is 0 Å². The predicted octanol–water partition coefficient (Wildman–Crippen LogP) is 2.93. The summed E-state index contributed by atoms with van der Waals surface area (Å²) in [6, 6.07) is 4.04. The molecule has 0 saturated carbocycles. The molecule has 0 N–H and O–H groups in total. The van der Waals surface area contributed by atoms with E-state index in [9.17, 15) is 32.3 Å². The highest BCUT2D eigenvalue weighted by molar-refractivity contribution is 6.20. The molecule has 0 aliphatic carbocycles. The normalized spacial score (nSPS) is 21.7. The first-order valence-electron chi connectivity index (χ1n) is 9.05. The average molecular weight is 428 g/mol. The summed E-state index contributed by atoms with van der Waals surface area (Å²) < 4.78 is 44.8. The first kappa shape index (κ1) is 21.6. The fourth-order valence-corrected chi connectivity index (χ4v) is 3.22. The zero-order valence-corrected chi connectivity index (χ0v) is 16.4. The Kier molecular flexibility index (Phi) is 5.25. The number of carbonyl (C=O) groups excluding carboxylic acids is 4. The average Bonchev–Trinajstić information content (AvgIpc) is 3.17. The SMILES string of the molecule is CC(C)(C)OC(=O)N1C[C@@H](C(F)(F)F)C[C@H]1C(=O)ON1C(=O)c2ccccc2C1=O. The van der Waals surface area contributed by atoms with E-state index in [1.807, 2.05) is 0 Å². The number of nitrogens with zero attached hydrogens (tertiary/aromatic N) is 2. The number of benzene rings is 1. The van der Waals surface area contributed by atoms with E-state index in [-0.39, 0.29) is 16.2 Å². The van der Waals surface area contributed by atoms with Gasteiger partial charge in [-0.1, -0.05) is 17.2 Å². The zero-order chi connectivity index (χ0) is 22.4. The molecular formula is C19H19F3N2O6. The monoisotopic (exact) mass is 428 g/mol. The molecule has 2 heterocycles. The molecule has 1 aromatic carbocycles. The number of amides is 3. The zero-order valence-electron chi connectivity index (χ0n) is 16.4. The lowest BCUT2D eigenvalue weighted by atomic mass is 10.1. The van der Waals surface area contributed by atoms with Crippen LogP contribution in [0, 0.1) is 5.92 Å². The smallest absolute Gasteiger partial charge is 0.411 e. The van der Waals surface area contributed by atoms with Gasteiger partial charge in [0.25, 0.3) is 11.8 Å². The Bertz CT molecular complexity index is 873. The van der Waals surface area contributed by atoms with Crippen LogP contribution in [0.3, 0.4) is 0 Å². The van der Waals surface area contributed by atoms with Crippen molar-refractivity contribution in [2.75, 3.05) is 6.54 Å². The Balaban J connectivity index is 1.81. The first-order chi connectivity index (χ1) is 13.8. The maximum absolute atomic E-state index is 13.2. The van der Waals surface area contributed by atoms with Crippen LogP contribution in [-0.2, 0) is 14.4 Å². The quantitative estimate of drug-likeness (QED) is 0.673. The third kappa shape index (κ3) is 4.10. The second-order valence-corrected chi connectivity index (χ2v) is 7.98. The lowest BCUT2D eigenvalue weighted by Crippen LogP contribution is -2.46. The summed E-state index contributed by atoms with van der Waals surface area (Å²) in [5, 5.41) is 0.196. The second kappa shape index (κ2) is 7.29. The Morgan fingerprint density at radius 3 is 2.03 bits per heavy atom.